The number of barbiturate groups is 1. The van der Waals surface area contributed by atoms with Gasteiger partial charge in [-0.15, -0.1) is 0 Å². The molecule has 4 amide bonds. The summed E-state index contributed by atoms with van der Waals surface area (Å²) in [6.07, 6.45) is 1.41. The van der Waals surface area contributed by atoms with Crippen molar-refractivity contribution in [3.05, 3.63) is 90.3 Å². The summed E-state index contributed by atoms with van der Waals surface area (Å²) >= 11 is 10.3. The first-order chi connectivity index (χ1) is 17.2. The Kier molecular flexibility index (Phi) is 7.97. The fraction of sp³-hybridized carbons (Fsp3) is 0.115. The number of halogens is 3. The lowest BCUT2D eigenvalue weighted by Crippen LogP contribution is -2.54. The van der Waals surface area contributed by atoms with Gasteiger partial charge in [0.2, 0.25) is 0 Å². The summed E-state index contributed by atoms with van der Waals surface area (Å²) in [7, 11) is 1.50. The molecular weight excluding hydrogens is 660 g/mol. The molecule has 0 atom stereocenters. The molecule has 0 unspecified atom stereocenters. The highest BCUT2D eigenvalue weighted by Gasteiger charge is 2.37. The van der Waals surface area contributed by atoms with Crippen molar-refractivity contribution in [2.24, 2.45) is 0 Å². The van der Waals surface area contributed by atoms with Crippen LogP contribution >= 0.6 is 47.8 Å². The molecule has 1 N–H and O–H groups in total. The normalized spacial score (nSPS) is 14.8. The Morgan fingerprint density at radius 1 is 0.944 bits per heavy atom. The van der Waals surface area contributed by atoms with Crippen molar-refractivity contribution in [2.45, 2.75) is 13.5 Å². The second kappa shape index (κ2) is 11.0. The second-order valence-corrected chi connectivity index (χ2v) is 10.5. The summed E-state index contributed by atoms with van der Waals surface area (Å²) in [4.78, 5) is 39.3. The fourth-order valence-corrected chi connectivity index (χ4v) is 4.61. The van der Waals surface area contributed by atoms with E-state index in [1.54, 1.807) is 30.3 Å². The standard InChI is InChI=1S/C26H19Br3N2O5/c1-14-9-18(7-8-20(14)28)31-25(33)19(24(32)30-26(31)34)10-16-11-21(29)23(22(12-16)35-2)36-13-15-3-5-17(27)6-4-15/h3-12H,13H2,1-2H3,(H,30,32,34)/b19-10+. The molecule has 3 aromatic rings. The van der Waals surface area contributed by atoms with Crippen LogP contribution in [0.15, 0.2) is 73.6 Å². The number of hydrogen-bond donors (Lipinski definition) is 1. The van der Waals surface area contributed by atoms with Crippen molar-refractivity contribution >= 4 is 77.4 Å². The van der Waals surface area contributed by atoms with Crippen molar-refractivity contribution in [3.63, 3.8) is 0 Å². The van der Waals surface area contributed by atoms with E-state index in [0.29, 0.717) is 33.8 Å². The second-order valence-electron chi connectivity index (χ2n) is 7.84. The van der Waals surface area contributed by atoms with E-state index in [-0.39, 0.29) is 5.57 Å². The highest BCUT2D eigenvalue weighted by Crippen LogP contribution is 2.38. The Labute approximate surface area is 232 Å². The lowest BCUT2D eigenvalue weighted by atomic mass is 10.1. The van der Waals surface area contributed by atoms with Crippen LogP contribution in [0, 0.1) is 6.92 Å². The third-order valence-electron chi connectivity index (χ3n) is 5.36. The maximum Gasteiger partial charge on any atom is 0.335 e. The molecule has 4 rings (SSSR count). The Morgan fingerprint density at radius 3 is 2.33 bits per heavy atom. The average molecular weight is 679 g/mol. The summed E-state index contributed by atoms with van der Waals surface area (Å²) in [5, 5.41) is 2.24. The van der Waals surface area contributed by atoms with Crippen LogP contribution in [0.4, 0.5) is 10.5 Å². The molecule has 3 aromatic carbocycles. The summed E-state index contributed by atoms with van der Waals surface area (Å²) < 4.78 is 13.9. The number of urea groups is 1. The van der Waals surface area contributed by atoms with Gasteiger partial charge in [-0.05, 0) is 88.1 Å². The zero-order valence-corrected chi connectivity index (χ0v) is 23.9. The van der Waals surface area contributed by atoms with Gasteiger partial charge in [0.1, 0.15) is 12.2 Å². The minimum Gasteiger partial charge on any atom is -0.493 e. The van der Waals surface area contributed by atoms with Gasteiger partial charge in [-0.1, -0.05) is 44.0 Å². The number of methoxy groups -OCH3 is 1. The molecule has 0 aromatic heterocycles. The Balaban J connectivity index is 1.64. The summed E-state index contributed by atoms with van der Waals surface area (Å²) in [6.45, 7) is 2.15. The molecule has 10 heteroatoms. The van der Waals surface area contributed by atoms with Crippen LogP contribution in [0.3, 0.4) is 0 Å². The molecule has 0 aliphatic carbocycles. The quantitative estimate of drug-likeness (QED) is 0.237. The van der Waals surface area contributed by atoms with Crippen molar-refractivity contribution < 1.29 is 23.9 Å². The topological polar surface area (TPSA) is 84.9 Å². The van der Waals surface area contributed by atoms with Crippen molar-refractivity contribution in [1.82, 2.24) is 5.32 Å². The number of hydrogen-bond acceptors (Lipinski definition) is 5. The van der Waals surface area contributed by atoms with Crippen molar-refractivity contribution in [2.75, 3.05) is 12.0 Å². The van der Waals surface area contributed by atoms with Crippen LogP contribution in [0.5, 0.6) is 11.5 Å². The summed E-state index contributed by atoms with van der Waals surface area (Å²) in [5.74, 6) is -0.616. The van der Waals surface area contributed by atoms with Crippen LogP contribution in [0.2, 0.25) is 0 Å². The number of benzene rings is 3. The number of amides is 4. The van der Waals surface area contributed by atoms with E-state index < -0.39 is 17.8 Å². The minimum absolute atomic E-state index is 0.187. The van der Waals surface area contributed by atoms with Gasteiger partial charge >= 0.3 is 6.03 Å². The Bertz CT molecular complexity index is 1400. The third kappa shape index (κ3) is 5.55. The van der Waals surface area contributed by atoms with Crippen LogP contribution in [0.1, 0.15) is 16.7 Å². The Hall–Kier alpha value is -2.95. The number of anilines is 1. The van der Waals surface area contributed by atoms with Gasteiger partial charge in [-0.2, -0.15) is 0 Å². The smallest absolute Gasteiger partial charge is 0.335 e. The first-order valence-electron chi connectivity index (χ1n) is 10.6. The van der Waals surface area contributed by atoms with E-state index in [0.717, 1.165) is 25.0 Å². The van der Waals surface area contributed by atoms with E-state index in [9.17, 15) is 14.4 Å². The van der Waals surface area contributed by atoms with E-state index in [2.05, 4.69) is 53.1 Å². The molecule has 1 aliphatic rings. The van der Waals surface area contributed by atoms with E-state index in [4.69, 9.17) is 9.47 Å². The molecule has 36 heavy (non-hydrogen) atoms. The average Bonchev–Trinajstić information content (AvgIpc) is 2.84. The molecule has 1 aliphatic heterocycles. The maximum absolute atomic E-state index is 13.2. The van der Waals surface area contributed by atoms with Crippen LogP contribution in [-0.4, -0.2) is 25.0 Å². The molecule has 184 valence electrons. The van der Waals surface area contributed by atoms with Gasteiger partial charge in [0, 0.05) is 8.95 Å². The molecule has 0 saturated carbocycles. The van der Waals surface area contributed by atoms with Gasteiger partial charge in [0.05, 0.1) is 17.3 Å². The molecule has 0 spiro atoms. The van der Waals surface area contributed by atoms with E-state index in [1.165, 1.54) is 13.2 Å². The monoisotopic (exact) mass is 676 g/mol. The lowest BCUT2D eigenvalue weighted by Gasteiger charge is -2.26. The zero-order valence-electron chi connectivity index (χ0n) is 19.1. The van der Waals surface area contributed by atoms with Crippen molar-refractivity contribution in [3.8, 4) is 11.5 Å². The van der Waals surface area contributed by atoms with E-state index in [1.807, 2.05) is 31.2 Å². The van der Waals surface area contributed by atoms with Gasteiger partial charge < -0.3 is 9.47 Å². The number of aryl methyl sites for hydroxylation is 1. The number of ether oxygens (including phenoxy) is 2. The van der Waals surface area contributed by atoms with Gasteiger partial charge in [0.25, 0.3) is 11.8 Å². The number of carbonyl (C=O) groups is 3. The fourth-order valence-electron chi connectivity index (χ4n) is 3.53. The number of nitrogens with one attached hydrogen (secondary N) is 1. The first-order valence-corrected chi connectivity index (χ1v) is 13.0. The molecular formula is C26H19Br3N2O5. The van der Waals surface area contributed by atoms with Gasteiger partial charge in [-0.3, -0.25) is 14.9 Å². The largest absolute Gasteiger partial charge is 0.493 e. The minimum atomic E-state index is -0.806. The van der Waals surface area contributed by atoms with Crippen LogP contribution in [0.25, 0.3) is 6.08 Å². The lowest BCUT2D eigenvalue weighted by molar-refractivity contribution is -0.122. The summed E-state index contributed by atoms with van der Waals surface area (Å²) in [6, 6.07) is 15.3. The molecule has 0 bridgehead atoms. The van der Waals surface area contributed by atoms with Crippen molar-refractivity contribution in [1.29, 1.82) is 0 Å². The number of rotatable bonds is 6. The summed E-state index contributed by atoms with van der Waals surface area (Å²) in [5.41, 5.74) is 2.48. The van der Waals surface area contributed by atoms with Crippen LogP contribution < -0.4 is 19.7 Å². The third-order valence-corrected chi connectivity index (χ3v) is 7.37. The Morgan fingerprint density at radius 2 is 1.67 bits per heavy atom. The van der Waals surface area contributed by atoms with Gasteiger partial charge in [-0.25, -0.2) is 9.69 Å². The molecule has 1 heterocycles. The predicted octanol–water partition coefficient (Wildman–Crippen LogP) is 6.54. The number of imide groups is 2. The maximum atomic E-state index is 13.2. The highest BCUT2D eigenvalue weighted by atomic mass is 79.9. The molecule has 0 radical (unpaired) electrons. The number of nitrogens with zero attached hydrogens (tertiary/aromatic N) is 1. The van der Waals surface area contributed by atoms with Gasteiger partial charge in [0.15, 0.2) is 11.5 Å². The first kappa shape index (κ1) is 26.1. The zero-order chi connectivity index (χ0) is 26.0. The van der Waals surface area contributed by atoms with E-state index >= 15 is 0 Å². The van der Waals surface area contributed by atoms with Crippen LogP contribution in [-0.2, 0) is 16.2 Å². The molecule has 7 nitrogen and oxygen atoms in total. The molecule has 1 fully saturated rings. The number of carbonyl (C=O) groups excluding carboxylic acids is 3. The highest BCUT2D eigenvalue weighted by molar-refractivity contribution is 9.11. The molecule has 1 saturated heterocycles. The SMILES string of the molecule is COc1cc(/C=C2\C(=O)NC(=O)N(c3ccc(Br)c(C)c3)C2=O)cc(Br)c1OCc1ccc(Br)cc1. The predicted molar refractivity (Wildman–Crippen MR) is 147 cm³/mol.